The predicted octanol–water partition coefficient (Wildman–Crippen LogP) is 2.19. The van der Waals surface area contributed by atoms with E-state index in [-0.39, 0.29) is 11.9 Å². The van der Waals surface area contributed by atoms with Gasteiger partial charge in [0.05, 0.1) is 24.3 Å². The molecule has 0 spiro atoms. The number of hydrogen-bond acceptors (Lipinski definition) is 2. The zero-order valence-electron chi connectivity index (χ0n) is 9.74. The Balaban J connectivity index is 2.27. The summed E-state index contributed by atoms with van der Waals surface area (Å²) < 4.78 is 6.91. The smallest absolute Gasteiger partial charge is 0.270 e. The molecule has 1 aromatic rings. The van der Waals surface area contributed by atoms with Crippen LogP contribution in [0.25, 0.3) is 0 Å². The van der Waals surface area contributed by atoms with Gasteiger partial charge in [0.2, 0.25) is 0 Å². The normalized spacial score (nSPS) is 20.7. The van der Waals surface area contributed by atoms with E-state index in [2.05, 4.69) is 0 Å². The number of rotatable bonds is 1. The van der Waals surface area contributed by atoms with Crippen LogP contribution in [0.5, 0.6) is 0 Å². The molecule has 1 aromatic heterocycles. The molecule has 1 aliphatic rings. The Labute approximate surface area is 110 Å². The molecule has 1 fully saturated rings. The molecule has 0 N–H and O–H groups in total. The van der Waals surface area contributed by atoms with Crippen molar-refractivity contribution < 1.29 is 9.53 Å². The van der Waals surface area contributed by atoms with Crippen LogP contribution in [0.1, 0.15) is 17.4 Å². The van der Waals surface area contributed by atoms with Gasteiger partial charge in [0.15, 0.2) is 0 Å². The van der Waals surface area contributed by atoms with Crippen molar-refractivity contribution >= 4 is 29.1 Å². The molecule has 1 unspecified atom stereocenters. The van der Waals surface area contributed by atoms with Crippen LogP contribution in [0.4, 0.5) is 0 Å². The zero-order valence-corrected chi connectivity index (χ0v) is 11.3. The van der Waals surface area contributed by atoms with Gasteiger partial charge in [-0.2, -0.15) is 0 Å². The van der Waals surface area contributed by atoms with E-state index in [9.17, 15) is 4.79 Å². The number of aromatic nitrogens is 1. The van der Waals surface area contributed by atoms with E-state index in [4.69, 9.17) is 27.9 Å². The Morgan fingerprint density at radius 3 is 2.76 bits per heavy atom. The van der Waals surface area contributed by atoms with Gasteiger partial charge in [-0.1, -0.05) is 23.2 Å². The summed E-state index contributed by atoms with van der Waals surface area (Å²) in [5, 5.41) is 0.786. The van der Waals surface area contributed by atoms with E-state index in [1.807, 2.05) is 6.92 Å². The molecule has 0 saturated carbocycles. The third kappa shape index (κ3) is 2.30. The summed E-state index contributed by atoms with van der Waals surface area (Å²) >= 11 is 11.9. The molecule has 0 aliphatic carbocycles. The molecule has 2 rings (SSSR count). The first kappa shape index (κ1) is 12.7. The molecular weight excluding hydrogens is 263 g/mol. The van der Waals surface area contributed by atoms with Crippen molar-refractivity contribution in [2.45, 2.75) is 13.0 Å². The molecule has 2 heterocycles. The largest absolute Gasteiger partial charge is 0.377 e. The Kier molecular flexibility index (Phi) is 3.66. The second kappa shape index (κ2) is 4.88. The van der Waals surface area contributed by atoms with Gasteiger partial charge in [-0.3, -0.25) is 4.79 Å². The second-order valence-corrected chi connectivity index (χ2v) is 4.92. The second-order valence-electron chi connectivity index (χ2n) is 4.15. The maximum Gasteiger partial charge on any atom is 0.270 e. The number of amides is 1. The van der Waals surface area contributed by atoms with Crippen molar-refractivity contribution in [2.24, 2.45) is 7.05 Å². The van der Waals surface area contributed by atoms with Crippen LogP contribution in [-0.4, -0.2) is 41.2 Å². The van der Waals surface area contributed by atoms with Crippen molar-refractivity contribution in [1.82, 2.24) is 9.47 Å². The average Bonchev–Trinajstić information content (AvgIpc) is 2.57. The molecule has 4 nitrogen and oxygen atoms in total. The average molecular weight is 277 g/mol. The molecule has 1 amide bonds. The molecule has 17 heavy (non-hydrogen) atoms. The van der Waals surface area contributed by atoms with Crippen molar-refractivity contribution in [3.05, 3.63) is 21.9 Å². The van der Waals surface area contributed by atoms with Crippen LogP contribution in [0.2, 0.25) is 10.2 Å². The lowest BCUT2D eigenvalue weighted by Crippen LogP contribution is -2.47. The van der Waals surface area contributed by atoms with Crippen molar-refractivity contribution in [3.8, 4) is 0 Å². The van der Waals surface area contributed by atoms with Gasteiger partial charge < -0.3 is 14.2 Å². The van der Waals surface area contributed by atoms with Crippen LogP contribution in [0.3, 0.4) is 0 Å². The van der Waals surface area contributed by atoms with Crippen LogP contribution < -0.4 is 0 Å². The number of ether oxygens (including phenoxy) is 1. The molecule has 6 heteroatoms. The molecule has 1 aliphatic heterocycles. The van der Waals surface area contributed by atoms with Crippen molar-refractivity contribution in [3.63, 3.8) is 0 Å². The number of carbonyl (C=O) groups excluding carboxylic acids is 1. The molecule has 0 aromatic carbocycles. The van der Waals surface area contributed by atoms with E-state index in [0.29, 0.717) is 35.6 Å². The monoisotopic (exact) mass is 276 g/mol. The van der Waals surface area contributed by atoms with E-state index >= 15 is 0 Å². The minimum Gasteiger partial charge on any atom is -0.377 e. The minimum absolute atomic E-state index is 0.0582. The number of hydrogen-bond donors (Lipinski definition) is 0. The lowest BCUT2D eigenvalue weighted by molar-refractivity contribution is 0.00308. The SMILES string of the molecule is CC1COCCN1C(=O)c1cc(Cl)c(Cl)n1C. The summed E-state index contributed by atoms with van der Waals surface area (Å²) in [6, 6.07) is 1.68. The van der Waals surface area contributed by atoms with Crippen LogP contribution >= 0.6 is 23.2 Å². The van der Waals surface area contributed by atoms with E-state index < -0.39 is 0 Å². The first-order valence-electron chi connectivity index (χ1n) is 5.41. The third-order valence-corrected chi connectivity index (χ3v) is 3.81. The molecule has 0 radical (unpaired) electrons. The lowest BCUT2D eigenvalue weighted by atomic mass is 10.2. The Bertz CT molecular complexity index is 445. The Morgan fingerprint density at radius 1 is 1.53 bits per heavy atom. The summed E-state index contributed by atoms with van der Waals surface area (Å²) in [6.45, 7) is 3.70. The van der Waals surface area contributed by atoms with Crippen molar-refractivity contribution in [1.29, 1.82) is 0 Å². The summed E-state index contributed by atoms with van der Waals surface area (Å²) in [7, 11) is 1.73. The fraction of sp³-hybridized carbons (Fsp3) is 0.545. The highest BCUT2D eigenvalue weighted by Crippen LogP contribution is 2.26. The number of morpholine rings is 1. The summed E-state index contributed by atoms with van der Waals surface area (Å²) in [5.41, 5.74) is 0.508. The third-order valence-electron chi connectivity index (χ3n) is 2.96. The van der Waals surface area contributed by atoms with Gasteiger partial charge in [-0.15, -0.1) is 0 Å². The van der Waals surface area contributed by atoms with Gasteiger partial charge in [0.25, 0.3) is 5.91 Å². The van der Waals surface area contributed by atoms with E-state index in [1.165, 1.54) is 0 Å². The van der Waals surface area contributed by atoms with Crippen molar-refractivity contribution in [2.75, 3.05) is 19.8 Å². The van der Waals surface area contributed by atoms with E-state index in [0.717, 1.165) is 0 Å². The fourth-order valence-electron chi connectivity index (χ4n) is 1.92. The maximum absolute atomic E-state index is 12.3. The zero-order chi connectivity index (χ0) is 12.6. The Morgan fingerprint density at radius 2 is 2.24 bits per heavy atom. The quantitative estimate of drug-likeness (QED) is 0.788. The van der Waals surface area contributed by atoms with Gasteiger partial charge in [0.1, 0.15) is 10.8 Å². The highest BCUT2D eigenvalue weighted by molar-refractivity contribution is 6.41. The van der Waals surface area contributed by atoms with Crippen LogP contribution in [0.15, 0.2) is 6.07 Å². The molecule has 0 bridgehead atoms. The standard InChI is InChI=1S/C11H14Cl2N2O2/c1-7-6-17-4-3-15(7)11(16)9-5-8(12)10(13)14(9)2/h5,7H,3-4,6H2,1-2H3. The number of halogens is 2. The topological polar surface area (TPSA) is 34.5 Å². The summed E-state index contributed by atoms with van der Waals surface area (Å²) in [4.78, 5) is 14.1. The number of nitrogens with zero attached hydrogens (tertiary/aromatic N) is 2. The Hall–Kier alpha value is -0.710. The summed E-state index contributed by atoms with van der Waals surface area (Å²) in [6.07, 6.45) is 0. The van der Waals surface area contributed by atoms with Crippen LogP contribution in [0, 0.1) is 0 Å². The first-order chi connectivity index (χ1) is 8.02. The van der Waals surface area contributed by atoms with Gasteiger partial charge in [0, 0.05) is 13.6 Å². The van der Waals surface area contributed by atoms with E-state index in [1.54, 1.807) is 22.6 Å². The molecule has 1 atom stereocenters. The fourth-order valence-corrected chi connectivity index (χ4v) is 2.30. The number of carbonyl (C=O) groups is 1. The molecule has 94 valence electrons. The summed E-state index contributed by atoms with van der Waals surface area (Å²) in [5.74, 6) is -0.0582. The minimum atomic E-state index is -0.0582. The lowest BCUT2D eigenvalue weighted by Gasteiger charge is -2.33. The van der Waals surface area contributed by atoms with Crippen LogP contribution in [-0.2, 0) is 11.8 Å². The first-order valence-corrected chi connectivity index (χ1v) is 6.17. The molecule has 1 saturated heterocycles. The van der Waals surface area contributed by atoms with Gasteiger partial charge in [-0.25, -0.2) is 0 Å². The predicted molar refractivity (Wildman–Crippen MR) is 66.8 cm³/mol. The van der Waals surface area contributed by atoms with Gasteiger partial charge >= 0.3 is 0 Å². The highest BCUT2D eigenvalue weighted by Gasteiger charge is 2.27. The van der Waals surface area contributed by atoms with Gasteiger partial charge in [-0.05, 0) is 13.0 Å². The highest BCUT2D eigenvalue weighted by atomic mass is 35.5. The molecular formula is C11H14Cl2N2O2. The maximum atomic E-state index is 12.3.